The number of aliphatic imine (C=N–C) groups is 1. The molecule has 2 aliphatic rings. The van der Waals surface area contributed by atoms with Gasteiger partial charge >= 0.3 is 0 Å². The van der Waals surface area contributed by atoms with Gasteiger partial charge in [0, 0.05) is 40.4 Å². The molecule has 1 aromatic carbocycles. The lowest BCUT2D eigenvalue weighted by atomic mass is 9.67. The summed E-state index contributed by atoms with van der Waals surface area (Å²) in [6.45, 7) is 6.18. The van der Waals surface area contributed by atoms with E-state index < -0.39 is 0 Å². The zero-order valence-electron chi connectivity index (χ0n) is 18.9. The van der Waals surface area contributed by atoms with E-state index in [2.05, 4.69) is 44.8 Å². The molecule has 0 unspecified atom stereocenters. The summed E-state index contributed by atoms with van der Waals surface area (Å²) in [5.74, 6) is 0.895. The molecule has 1 saturated heterocycles. The van der Waals surface area contributed by atoms with Gasteiger partial charge in [0.05, 0.1) is 0 Å². The van der Waals surface area contributed by atoms with Crippen LogP contribution in [0.4, 0.5) is 0 Å². The third kappa shape index (κ3) is 8.00. The van der Waals surface area contributed by atoms with Gasteiger partial charge < -0.3 is 15.4 Å². The lowest BCUT2D eigenvalue weighted by Gasteiger charge is -2.42. The van der Waals surface area contributed by atoms with Gasteiger partial charge in [-0.1, -0.05) is 43.5 Å². The van der Waals surface area contributed by atoms with E-state index in [1.807, 2.05) is 7.05 Å². The van der Waals surface area contributed by atoms with Crippen LogP contribution >= 0.6 is 24.0 Å². The minimum Gasteiger partial charge on any atom is -0.385 e. The number of benzene rings is 1. The van der Waals surface area contributed by atoms with Gasteiger partial charge in [-0.15, -0.1) is 24.0 Å². The third-order valence-corrected chi connectivity index (χ3v) is 6.66. The molecule has 0 amide bonds. The summed E-state index contributed by atoms with van der Waals surface area (Å²) in [6.07, 6.45) is 10.5. The van der Waals surface area contributed by atoms with Crippen molar-refractivity contribution in [2.45, 2.75) is 64.5 Å². The summed E-state index contributed by atoms with van der Waals surface area (Å²) in [7, 11) is 3.65. The Morgan fingerprint density at radius 3 is 2.43 bits per heavy atom. The highest BCUT2D eigenvalue weighted by atomic mass is 127. The zero-order valence-corrected chi connectivity index (χ0v) is 21.3. The fourth-order valence-corrected chi connectivity index (χ4v) is 4.58. The Hall–Kier alpha value is -0.860. The molecule has 0 bridgehead atoms. The molecule has 1 aliphatic heterocycles. The molecule has 1 aromatic rings. The molecule has 0 spiro atoms. The first-order valence-corrected chi connectivity index (χ1v) is 11.5. The second-order valence-corrected chi connectivity index (χ2v) is 8.89. The summed E-state index contributed by atoms with van der Waals surface area (Å²) in [5.41, 5.74) is 3.13. The number of methoxy groups -OCH3 is 1. The summed E-state index contributed by atoms with van der Waals surface area (Å²) in [4.78, 5) is 7.04. The molecular formula is C24H41IN4O. The summed E-state index contributed by atoms with van der Waals surface area (Å²) in [5, 5.41) is 7.05. The van der Waals surface area contributed by atoms with Gasteiger partial charge in [-0.25, -0.2) is 0 Å². The van der Waals surface area contributed by atoms with Crippen molar-refractivity contribution in [1.29, 1.82) is 0 Å². The van der Waals surface area contributed by atoms with E-state index in [1.54, 1.807) is 7.11 Å². The molecule has 3 rings (SSSR count). The highest BCUT2D eigenvalue weighted by Gasteiger charge is 2.36. The number of nitrogens with one attached hydrogen (secondary N) is 2. The zero-order chi connectivity index (χ0) is 20.4. The van der Waals surface area contributed by atoms with Crippen molar-refractivity contribution >= 4 is 29.9 Å². The molecule has 2 fully saturated rings. The predicted octanol–water partition coefficient (Wildman–Crippen LogP) is 4.55. The number of hydrogen-bond acceptors (Lipinski definition) is 3. The molecule has 1 heterocycles. The van der Waals surface area contributed by atoms with Gasteiger partial charge in [-0.3, -0.25) is 9.89 Å². The molecule has 0 atom stereocenters. The maximum Gasteiger partial charge on any atom is 0.191 e. The Morgan fingerprint density at radius 2 is 1.80 bits per heavy atom. The summed E-state index contributed by atoms with van der Waals surface area (Å²) >= 11 is 0. The molecular weight excluding hydrogens is 487 g/mol. The maximum absolute atomic E-state index is 5.31. The van der Waals surface area contributed by atoms with Gasteiger partial charge in [-0.05, 0) is 61.7 Å². The average molecular weight is 529 g/mol. The van der Waals surface area contributed by atoms with Gasteiger partial charge in [0.15, 0.2) is 5.96 Å². The van der Waals surface area contributed by atoms with E-state index in [0.717, 1.165) is 38.6 Å². The van der Waals surface area contributed by atoms with E-state index in [9.17, 15) is 0 Å². The van der Waals surface area contributed by atoms with Crippen molar-refractivity contribution in [3.8, 4) is 0 Å². The first kappa shape index (κ1) is 25.4. The normalized spacial score (nSPS) is 19.3. The van der Waals surface area contributed by atoms with Crippen LogP contribution in [0.3, 0.4) is 0 Å². The largest absolute Gasteiger partial charge is 0.385 e. The number of ether oxygens (including phenoxy) is 1. The summed E-state index contributed by atoms with van der Waals surface area (Å²) in [6, 6.07) is 9.00. The first-order chi connectivity index (χ1) is 14.2. The van der Waals surface area contributed by atoms with E-state index in [1.165, 1.54) is 69.2 Å². The van der Waals surface area contributed by atoms with Crippen molar-refractivity contribution in [1.82, 2.24) is 15.5 Å². The van der Waals surface area contributed by atoms with Crippen LogP contribution in [0.2, 0.25) is 0 Å². The Kier molecular flexibility index (Phi) is 11.5. The number of hydrogen-bond donors (Lipinski definition) is 2. The van der Waals surface area contributed by atoms with Crippen LogP contribution in [0.15, 0.2) is 29.3 Å². The van der Waals surface area contributed by atoms with Gasteiger partial charge in [-0.2, -0.15) is 0 Å². The van der Waals surface area contributed by atoms with Crippen molar-refractivity contribution in [2.75, 3.05) is 40.4 Å². The highest BCUT2D eigenvalue weighted by Crippen LogP contribution is 2.43. The monoisotopic (exact) mass is 528 g/mol. The van der Waals surface area contributed by atoms with E-state index in [-0.39, 0.29) is 24.0 Å². The fourth-order valence-electron chi connectivity index (χ4n) is 4.58. The van der Waals surface area contributed by atoms with E-state index in [0.29, 0.717) is 5.41 Å². The molecule has 1 aliphatic carbocycles. The minimum atomic E-state index is 0. The Labute approximate surface area is 200 Å². The molecule has 0 radical (unpaired) electrons. The third-order valence-electron chi connectivity index (χ3n) is 6.66. The van der Waals surface area contributed by atoms with Crippen LogP contribution in [-0.2, 0) is 17.8 Å². The average Bonchev–Trinajstić information content (AvgIpc) is 2.98. The van der Waals surface area contributed by atoms with Gasteiger partial charge in [0.2, 0.25) is 0 Å². The Bertz CT molecular complexity index is 640. The molecule has 0 aromatic heterocycles. The van der Waals surface area contributed by atoms with Crippen molar-refractivity contribution < 1.29 is 4.74 Å². The molecule has 170 valence electrons. The van der Waals surface area contributed by atoms with Crippen LogP contribution in [0.25, 0.3) is 0 Å². The standard InChI is InChI=1S/C24H40N4O.HI/c1-25-23(27-20-24(11-8-12-24)13-16-29-2)26-18-21-9-7-10-22(17-21)19-28-14-5-3-4-6-15-28;/h7,9-10,17H,3-6,8,11-16,18-20H2,1-2H3,(H2,25,26,27);1H. The van der Waals surface area contributed by atoms with Crippen LogP contribution in [0, 0.1) is 5.41 Å². The minimum absolute atomic E-state index is 0. The highest BCUT2D eigenvalue weighted by molar-refractivity contribution is 14.0. The van der Waals surface area contributed by atoms with Gasteiger partial charge in [0.25, 0.3) is 0 Å². The van der Waals surface area contributed by atoms with E-state index in [4.69, 9.17) is 4.74 Å². The second kappa shape index (κ2) is 13.5. The van der Waals surface area contributed by atoms with Crippen molar-refractivity contribution in [2.24, 2.45) is 10.4 Å². The van der Waals surface area contributed by atoms with Gasteiger partial charge in [0.1, 0.15) is 0 Å². The fraction of sp³-hybridized carbons (Fsp3) is 0.708. The van der Waals surface area contributed by atoms with Crippen LogP contribution in [0.1, 0.15) is 62.5 Å². The lowest BCUT2D eigenvalue weighted by Crippen LogP contribution is -2.46. The number of likely N-dealkylation sites (tertiary alicyclic amines) is 1. The number of rotatable bonds is 9. The predicted molar refractivity (Wildman–Crippen MR) is 137 cm³/mol. The van der Waals surface area contributed by atoms with Crippen LogP contribution in [-0.4, -0.2) is 51.3 Å². The first-order valence-electron chi connectivity index (χ1n) is 11.5. The van der Waals surface area contributed by atoms with Crippen LogP contribution in [0.5, 0.6) is 0 Å². The molecule has 30 heavy (non-hydrogen) atoms. The second-order valence-electron chi connectivity index (χ2n) is 8.89. The van der Waals surface area contributed by atoms with Crippen molar-refractivity contribution in [3.63, 3.8) is 0 Å². The van der Waals surface area contributed by atoms with Crippen LogP contribution < -0.4 is 10.6 Å². The molecule has 5 nitrogen and oxygen atoms in total. The number of halogens is 1. The SMILES string of the molecule is CN=C(NCc1cccc(CN2CCCCCC2)c1)NCC1(CCOC)CCC1.I. The van der Waals surface area contributed by atoms with Crippen molar-refractivity contribution in [3.05, 3.63) is 35.4 Å². The van der Waals surface area contributed by atoms with E-state index >= 15 is 0 Å². The summed E-state index contributed by atoms with van der Waals surface area (Å²) < 4.78 is 5.31. The number of guanidine groups is 1. The Balaban J connectivity index is 0.00000320. The molecule has 2 N–H and O–H groups in total. The maximum atomic E-state index is 5.31. The topological polar surface area (TPSA) is 48.9 Å². The smallest absolute Gasteiger partial charge is 0.191 e. The molecule has 1 saturated carbocycles. The quantitative estimate of drug-likeness (QED) is 0.281. The number of nitrogens with zero attached hydrogens (tertiary/aromatic N) is 2. The Morgan fingerprint density at radius 1 is 1.07 bits per heavy atom. The molecule has 6 heteroatoms. The lowest BCUT2D eigenvalue weighted by molar-refractivity contribution is 0.0732.